The standard InChI is InChI=1S/C11H13N3/c1-14-11(8-6-12-7-8)9-4-2-3-5-10(9)13-14/h2-5,8,12H,6-7H2,1H3. The number of hydrogen-bond acceptors (Lipinski definition) is 2. The highest BCUT2D eigenvalue weighted by Crippen LogP contribution is 2.27. The largest absolute Gasteiger partial charge is 0.315 e. The summed E-state index contributed by atoms with van der Waals surface area (Å²) in [6.07, 6.45) is 0. The fraction of sp³-hybridized carbons (Fsp3) is 0.364. The Morgan fingerprint density at radius 2 is 2.14 bits per heavy atom. The number of hydrogen-bond donors (Lipinski definition) is 1. The highest BCUT2D eigenvalue weighted by Gasteiger charge is 2.24. The molecule has 0 spiro atoms. The highest BCUT2D eigenvalue weighted by molar-refractivity contribution is 5.82. The van der Waals surface area contributed by atoms with Gasteiger partial charge in [-0.05, 0) is 6.07 Å². The molecule has 72 valence electrons. The monoisotopic (exact) mass is 187 g/mol. The van der Waals surface area contributed by atoms with Crippen molar-refractivity contribution < 1.29 is 0 Å². The van der Waals surface area contributed by atoms with E-state index in [1.54, 1.807) is 0 Å². The van der Waals surface area contributed by atoms with Gasteiger partial charge in [0, 0.05) is 31.4 Å². The molecule has 1 aliphatic heterocycles. The third-order valence-electron chi connectivity index (χ3n) is 2.95. The first-order chi connectivity index (χ1) is 6.86. The summed E-state index contributed by atoms with van der Waals surface area (Å²) in [5, 5.41) is 9.11. The minimum Gasteiger partial charge on any atom is -0.315 e. The summed E-state index contributed by atoms with van der Waals surface area (Å²) in [6.45, 7) is 2.17. The minimum atomic E-state index is 0.646. The summed E-state index contributed by atoms with van der Waals surface area (Å²) in [5.41, 5.74) is 2.48. The molecule has 0 amide bonds. The van der Waals surface area contributed by atoms with Crippen molar-refractivity contribution in [2.45, 2.75) is 5.92 Å². The van der Waals surface area contributed by atoms with E-state index in [4.69, 9.17) is 0 Å². The Hall–Kier alpha value is -1.35. The van der Waals surface area contributed by atoms with Gasteiger partial charge in [0.15, 0.2) is 0 Å². The van der Waals surface area contributed by atoms with Gasteiger partial charge in [-0.1, -0.05) is 18.2 Å². The van der Waals surface area contributed by atoms with Gasteiger partial charge in [0.1, 0.15) is 0 Å². The molecule has 1 N–H and O–H groups in total. The van der Waals surface area contributed by atoms with Gasteiger partial charge in [-0.15, -0.1) is 0 Å². The first-order valence-electron chi connectivity index (χ1n) is 4.98. The van der Waals surface area contributed by atoms with Gasteiger partial charge in [-0.3, -0.25) is 4.68 Å². The van der Waals surface area contributed by atoms with Crippen LogP contribution in [0.4, 0.5) is 0 Å². The molecule has 3 heteroatoms. The van der Waals surface area contributed by atoms with E-state index < -0.39 is 0 Å². The van der Waals surface area contributed by atoms with Crippen molar-refractivity contribution in [2.24, 2.45) is 7.05 Å². The molecule has 3 nitrogen and oxygen atoms in total. The Morgan fingerprint density at radius 1 is 1.36 bits per heavy atom. The molecule has 2 heterocycles. The molecular formula is C11H13N3. The van der Waals surface area contributed by atoms with E-state index in [9.17, 15) is 0 Å². The Balaban J connectivity index is 2.24. The molecule has 0 radical (unpaired) electrons. The summed E-state index contributed by atoms with van der Waals surface area (Å²) < 4.78 is 2.02. The minimum absolute atomic E-state index is 0.646. The molecule has 14 heavy (non-hydrogen) atoms. The van der Waals surface area contributed by atoms with E-state index in [1.807, 2.05) is 17.8 Å². The van der Waals surface area contributed by atoms with Gasteiger partial charge in [0.05, 0.1) is 11.2 Å². The SMILES string of the molecule is Cn1nc2ccccc2c1C1CNC1. The number of rotatable bonds is 1. The van der Waals surface area contributed by atoms with Crippen LogP contribution in [0.1, 0.15) is 11.6 Å². The van der Waals surface area contributed by atoms with Crippen LogP contribution >= 0.6 is 0 Å². The van der Waals surface area contributed by atoms with Crippen molar-refractivity contribution in [1.82, 2.24) is 15.1 Å². The summed E-state index contributed by atoms with van der Waals surface area (Å²) >= 11 is 0. The molecule has 0 aliphatic carbocycles. The van der Waals surface area contributed by atoms with Crippen LogP contribution in [0.3, 0.4) is 0 Å². The molecule has 1 aliphatic rings. The normalized spacial score (nSPS) is 17.2. The van der Waals surface area contributed by atoms with Crippen LogP contribution in [0.25, 0.3) is 10.9 Å². The predicted molar refractivity (Wildman–Crippen MR) is 56.3 cm³/mol. The number of benzene rings is 1. The lowest BCUT2D eigenvalue weighted by atomic mass is 9.96. The Kier molecular flexibility index (Phi) is 1.61. The van der Waals surface area contributed by atoms with Crippen LogP contribution in [-0.2, 0) is 7.05 Å². The lowest BCUT2D eigenvalue weighted by Crippen LogP contribution is -2.40. The van der Waals surface area contributed by atoms with Crippen molar-refractivity contribution in [3.05, 3.63) is 30.0 Å². The van der Waals surface area contributed by atoms with Crippen LogP contribution in [0.5, 0.6) is 0 Å². The second-order valence-electron chi connectivity index (χ2n) is 3.88. The van der Waals surface area contributed by atoms with Gasteiger partial charge >= 0.3 is 0 Å². The van der Waals surface area contributed by atoms with E-state index in [0.29, 0.717) is 5.92 Å². The molecule has 0 bridgehead atoms. The van der Waals surface area contributed by atoms with Crippen molar-refractivity contribution in [3.8, 4) is 0 Å². The number of nitrogens with zero attached hydrogens (tertiary/aromatic N) is 2. The third-order valence-corrected chi connectivity index (χ3v) is 2.95. The Labute approximate surface area is 82.7 Å². The molecule has 3 rings (SSSR count). The van der Waals surface area contributed by atoms with E-state index in [0.717, 1.165) is 18.6 Å². The predicted octanol–water partition coefficient (Wildman–Crippen LogP) is 1.26. The molecule has 0 saturated carbocycles. The zero-order valence-corrected chi connectivity index (χ0v) is 8.20. The Morgan fingerprint density at radius 3 is 2.86 bits per heavy atom. The molecule has 0 atom stereocenters. The molecule has 1 aromatic heterocycles. The zero-order valence-electron chi connectivity index (χ0n) is 8.20. The third kappa shape index (κ3) is 0.990. The van der Waals surface area contributed by atoms with Gasteiger partial charge in [0.25, 0.3) is 0 Å². The number of fused-ring (bicyclic) bond motifs is 1. The van der Waals surface area contributed by atoms with Crippen molar-refractivity contribution in [3.63, 3.8) is 0 Å². The van der Waals surface area contributed by atoms with Crippen molar-refractivity contribution >= 4 is 10.9 Å². The topological polar surface area (TPSA) is 29.9 Å². The Bertz CT molecular complexity index is 468. The van der Waals surface area contributed by atoms with E-state index in [-0.39, 0.29) is 0 Å². The maximum atomic E-state index is 4.50. The van der Waals surface area contributed by atoms with Gasteiger partial charge in [0.2, 0.25) is 0 Å². The number of aryl methyl sites for hydroxylation is 1. The van der Waals surface area contributed by atoms with Crippen LogP contribution in [-0.4, -0.2) is 22.9 Å². The molecule has 1 saturated heterocycles. The lowest BCUT2D eigenvalue weighted by molar-refractivity contribution is 0.427. The summed E-state index contributed by atoms with van der Waals surface area (Å²) in [5.74, 6) is 0.646. The molecule has 1 aromatic carbocycles. The average molecular weight is 187 g/mol. The molecule has 1 fully saturated rings. The second-order valence-corrected chi connectivity index (χ2v) is 3.88. The van der Waals surface area contributed by atoms with E-state index >= 15 is 0 Å². The summed E-state index contributed by atoms with van der Waals surface area (Å²) in [7, 11) is 2.04. The number of nitrogens with one attached hydrogen (secondary N) is 1. The van der Waals surface area contributed by atoms with Crippen LogP contribution in [0.2, 0.25) is 0 Å². The van der Waals surface area contributed by atoms with Gasteiger partial charge in [-0.25, -0.2) is 0 Å². The van der Waals surface area contributed by atoms with Gasteiger partial charge in [-0.2, -0.15) is 5.10 Å². The number of aromatic nitrogens is 2. The lowest BCUT2D eigenvalue weighted by Gasteiger charge is -2.27. The smallest absolute Gasteiger partial charge is 0.0926 e. The van der Waals surface area contributed by atoms with E-state index in [2.05, 4.69) is 28.6 Å². The molecular weight excluding hydrogens is 174 g/mol. The molecule has 0 unspecified atom stereocenters. The quantitative estimate of drug-likeness (QED) is 0.728. The maximum absolute atomic E-state index is 4.50. The average Bonchev–Trinajstić information content (AvgIpc) is 2.41. The second kappa shape index (κ2) is 2.82. The fourth-order valence-electron chi connectivity index (χ4n) is 2.13. The zero-order chi connectivity index (χ0) is 9.54. The maximum Gasteiger partial charge on any atom is 0.0926 e. The van der Waals surface area contributed by atoms with Crippen LogP contribution in [0, 0.1) is 0 Å². The highest BCUT2D eigenvalue weighted by atomic mass is 15.3. The van der Waals surface area contributed by atoms with Crippen LogP contribution in [0.15, 0.2) is 24.3 Å². The summed E-state index contributed by atoms with van der Waals surface area (Å²) in [4.78, 5) is 0. The van der Waals surface area contributed by atoms with Gasteiger partial charge < -0.3 is 5.32 Å². The fourth-order valence-corrected chi connectivity index (χ4v) is 2.13. The van der Waals surface area contributed by atoms with Crippen molar-refractivity contribution in [2.75, 3.05) is 13.1 Å². The summed E-state index contributed by atoms with van der Waals surface area (Å²) in [6, 6.07) is 8.36. The van der Waals surface area contributed by atoms with Crippen LogP contribution < -0.4 is 5.32 Å². The molecule has 2 aromatic rings. The first-order valence-corrected chi connectivity index (χ1v) is 4.98. The van der Waals surface area contributed by atoms with E-state index in [1.165, 1.54) is 11.1 Å². The van der Waals surface area contributed by atoms with Crippen molar-refractivity contribution in [1.29, 1.82) is 0 Å². The first kappa shape index (κ1) is 8.00.